The standard InChI is InChI=1S/C19H19FN2O2S/c1-24-17-7-4-5-14(9-17)13-25-19-21-10-16(12-23)22(19)11-15-6-2-3-8-18(15)20/h2-10,23H,11-13H2,1H3. The van der Waals surface area contributed by atoms with Crippen LogP contribution in [0.4, 0.5) is 4.39 Å². The number of thioether (sulfide) groups is 1. The summed E-state index contributed by atoms with van der Waals surface area (Å²) in [6.07, 6.45) is 1.63. The van der Waals surface area contributed by atoms with Crippen molar-refractivity contribution in [3.05, 3.63) is 77.4 Å². The minimum absolute atomic E-state index is 0.138. The molecule has 0 fully saturated rings. The van der Waals surface area contributed by atoms with Crippen LogP contribution < -0.4 is 4.74 Å². The number of aromatic nitrogens is 2. The lowest BCUT2D eigenvalue weighted by Gasteiger charge is -2.11. The molecule has 0 saturated carbocycles. The molecule has 0 bridgehead atoms. The largest absolute Gasteiger partial charge is 0.497 e. The minimum atomic E-state index is -0.260. The Morgan fingerprint density at radius 2 is 2.04 bits per heavy atom. The number of halogens is 1. The summed E-state index contributed by atoms with van der Waals surface area (Å²) in [5.41, 5.74) is 2.34. The van der Waals surface area contributed by atoms with Crippen LogP contribution in [-0.2, 0) is 18.9 Å². The maximum atomic E-state index is 14.0. The molecule has 25 heavy (non-hydrogen) atoms. The highest BCUT2D eigenvalue weighted by Gasteiger charge is 2.12. The highest BCUT2D eigenvalue weighted by atomic mass is 32.2. The number of rotatable bonds is 7. The smallest absolute Gasteiger partial charge is 0.168 e. The van der Waals surface area contributed by atoms with E-state index in [1.54, 1.807) is 43.3 Å². The summed E-state index contributed by atoms with van der Waals surface area (Å²) < 4.78 is 21.1. The van der Waals surface area contributed by atoms with Crippen molar-refractivity contribution in [2.75, 3.05) is 7.11 Å². The van der Waals surface area contributed by atoms with E-state index in [1.165, 1.54) is 6.07 Å². The van der Waals surface area contributed by atoms with Crippen molar-refractivity contribution in [3.8, 4) is 5.75 Å². The quantitative estimate of drug-likeness (QED) is 0.652. The van der Waals surface area contributed by atoms with Crippen LogP contribution in [0.3, 0.4) is 0 Å². The monoisotopic (exact) mass is 358 g/mol. The van der Waals surface area contributed by atoms with Gasteiger partial charge in [-0.05, 0) is 23.8 Å². The van der Waals surface area contributed by atoms with Crippen LogP contribution in [0.15, 0.2) is 59.9 Å². The molecule has 1 aromatic heterocycles. The second-order valence-corrected chi connectivity index (χ2v) is 6.45. The normalized spacial score (nSPS) is 10.8. The fourth-order valence-corrected chi connectivity index (χ4v) is 3.45. The summed E-state index contributed by atoms with van der Waals surface area (Å²) in [4.78, 5) is 4.38. The molecule has 1 N–H and O–H groups in total. The van der Waals surface area contributed by atoms with Gasteiger partial charge in [-0.3, -0.25) is 0 Å². The van der Waals surface area contributed by atoms with Gasteiger partial charge < -0.3 is 14.4 Å². The highest BCUT2D eigenvalue weighted by molar-refractivity contribution is 7.98. The number of methoxy groups -OCH3 is 1. The molecule has 0 atom stereocenters. The van der Waals surface area contributed by atoms with E-state index in [2.05, 4.69) is 4.98 Å². The molecular formula is C19H19FN2O2S. The first kappa shape index (κ1) is 17.5. The molecule has 0 aliphatic heterocycles. The SMILES string of the molecule is COc1cccc(CSc2ncc(CO)n2Cc2ccccc2F)c1. The number of aliphatic hydroxyl groups is 1. The number of hydrogen-bond donors (Lipinski definition) is 1. The van der Waals surface area contributed by atoms with Crippen molar-refractivity contribution in [2.45, 2.75) is 24.1 Å². The molecule has 0 amide bonds. The number of benzene rings is 2. The van der Waals surface area contributed by atoms with Crippen molar-refractivity contribution in [1.82, 2.24) is 9.55 Å². The van der Waals surface area contributed by atoms with Crippen LogP contribution in [0, 0.1) is 5.82 Å². The van der Waals surface area contributed by atoms with Gasteiger partial charge in [0.05, 0.1) is 32.2 Å². The van der Waals surface area contributed by atoms with Gasteiger partial charge in [-0.25, -0.2) is 9.37 Å². The third kappa shape index (κ3) is 4.21. The molecule has 3 rings (SSSR count). The van der Waals surface area contributed by atoms with Crippen LogP contribution in [0.2, 0.25) is 0 Å². The van der Waals surface area contributed by atoms with Gasteiger partial charge in [0, 0.05) is 11.3 Å². The predicted molar refractivity (Wildman–Crippen MR) is 96.2 cm³/mol. The molecule has 3 aromatic rings. The third-order valence-electron chi connectivity index (χ3n) is 3.85. The van der Waals surface area contributed by atoms with E-state index < -0.39 is 0 Å². The van der Waals surface area contributed by atoms with Crippen molar-refractivity contribution >= 4 is 11.8 Å². The average Bonchev–Trinajstić information content (AvgIpc) is 3.04. The number of imidazole rings is 1. The Balaban J connectivity index is 1.80. The first-order chi connectivity index (χ1) is 12.2. The Morgan fingerprint density at radius 3 is 2.80 bits per heavy atom. The second-order valence-electron chi connectivity index (χ2n) is 5.51. The Bertz CT molecular complexity index is 851. The molecule has 1 heterocycles. The molecule has 4 nitrogen and oxygen atoms in total. The van der Waals surface area contributed by atoms with Crippen molar-refractivity contribution in [2.24, 2.45) is 0 Å². The molecule has 2 aromatic carbocycles. The Hall–Kier alpha value is -2.31. The van der Waals surface area contributed by atoms with Gasteiger partial charge in [-0.1, -0.05) is 42.1 Å². The van der Waals surface area contributed by atoms with Crippen LogP contribution in [-0.4, -0.2) is 21.8 Å². The van der Waals surface area contributed by atoms with Crippen molar-refractivity contribution in [3.63, 3.8) is 0 Å². The Kier molecular flexibility index (Phi) is 5.73. The van der Waals surface area contributed by atoms with Crippen molar-refractivity contribution in [1.29, 1.82) is 0 Å². The average molecular weight is 358 g/mol. The van der Waals surface area contributed by atoms with E-state index in [0.717, 1.165) is 16.5 Å². The molecular weight excluding hydrogens is 339 g/mol. The Labute approximate surface area is 150 Å². The number of hydrogen-bond acceptors (Lipinski definition) is 4. The van der Waals surface area contributed by atoms with Gasteiger partial charge >= 0.3 is 0 Å². The number of nitrogens with zero attached hydrogens (tertiary/aromatic N) is 2. The lowest BCUT2D eigenvalue weighted by atomic mass is 10.2. The van der Waals surface area contributed by atoms with E-state index in [9.17, 15) is 9.50 Å². The first-order valence-electron chi connectivity index (χ1n) is 7.85. The minimum Gasteiger partial charge on any atom is -0.497 e. The maximum absolute atomic E-state index is 14.0. The fourth-order valence-electron chi connectivity index (χ4n) is 2.51. The summed E-state index contributed by atoms with van der Waals surface area (Å²) in [5.74, 6) is 1.25. The van der Waals surface area contributed by atoms with E-state index >= 15 is 0 Å². The lowest BCUT2D eigenvalue weighted by Crippen LogP contribution is -2.07. The molecule has 130 valence electrons. The number of ether oxygens (including phenoxy) is 1. The second kappa shape index (κ2) is 8.18. The molecule has 0 spiro atoms. The Morgan fingerprint density at radius 1 is 1.20 bits per heavy atom. The maximum Gasteiger partial charge on any atom is 0.168 e. The summed E-state index contributed by atoms with van der Waals surface area (Å²) in [5, 5.41) is 10.3. The number of aliphatic hydroxyl groups excluding tert-OH is 1. The first-order valence-corrected chi connectivity index (χ1v) is 8.84. The van der Waals surface area contributed by atoms with Gasteiger partial charge in [0.2, 0.25) is 0 Å². The molecule has 0 radical (unpaired) electrons. The molecule has 0 aliphatic carbocycles. The zero-order chi connectivity index (χ0) is 17.6. The van der Waals surface area contributed by atoms with Crippen LogP contribution in [0.1, 0.15) is 16.8 Å². The van der Waals surface area contributed by atoms with E-state index in [-0.39, 0.29) is 12.4 Å². The van der Waals surface area contributed by atoms with E-state index in [4.69, 9.17) is 4.74 Å². The molecule has 0 saturated heterocycles. The van der Waals surface area contributed by atoms with Crippen LogP contribution in [0.5, 0.6) is 5.75 Å². The van der Waals surface area contributed by atoms with E-state index in [0.29, 0.717) is 23.6 Å². The van der Waals surface area contributed by atoms with Crippen LogP contribution >= 0.6 is 11.8 Å². The summed E-state index contributed by atoms with van der Waals surface area (Å²) in [6.45, 7) is 0.199. The van der Waals surface area contributed by atoms with Gasteiger partial charge in [0.15, 0.2) is 5.16 Å². The molecule has 0 unspecified atom stereocenters. The van der Waals surface area contributed by atoms with Gasteiger partial charge in [0.1, 0.15) is 11.6 Å². The lowest BCUT2D eigenvalue weighted by molar-refractivity contribution is 0.270. The van der Waals surface area contributed by atoms with Gasteiger partial charge in [-0.2, -0.15) is 0 Å². The van der Waals surface area contributed by atoms with Crippen molar-refractivity contribution < 1.29 is 14.2 Å². The van der Waals surface area contributed by atoms with Crippen LogP contribution in [0.25, 0.3) is 0 Å². The zero-order valence-electron chi connectivity index (χ0n) is 13.9. The van der Waals surface area contributed by atoms with Gasteiger partial charge in [-0.15, -0.1) is 0 Å². The fraction of sp³-hybridized carbons (Fsp3) is 0.211. The molecule has 6 heteroatoms. The summed E-state index contributed by atoms with van der Waals surface area (Å²) in [7, 11) is 1.64. The predicted octanol–water partition coefficient (Wildman–Crippen LogP) is 3.86. The topological polar surface area (TPSA) is 47.3 Å². The zero-order valence-corrected chi connectivity index (χ0v) is 14.7. The molecule has 0 aliphatic rings. The van der Waals surface area contributed by atoms with E-state index in [1.807, 2.05) is 28.8 Å². The summed E-state index contributed by atoms with van der Waals surface area (Å²) in [6, 6.07) is 14.5. The van der Waals surface area contributed by atoms with Gasteiger partial charge in [0.25, 0.3) is 0 Å². The summed E-state index contributed by atoms with van der Waals surface area (Å²) >= 11 is 1.54. The third-order valence-corrected chi connectivity index (χ3v) is 4.91. The highest BCUT2D eigenvalue weighted by Crippen LogP contribution is 2.26.